The highest BCUT2D eigenvalue weighted by Gasteiger charge is 2.23. The Hall–Kier alpha value is -1.36. The maximum Gasteiger partial charge on any atom is 0.249 e. The quantitative estimate of drug-likeness (QED) is 0.813. The summed E-state index contributed by atoms with van der Waals surface area (Å²) in [6, 6.07) is 0. The normalized spacial score (nSPS) is 20.0. The van der Waals surface area contributed by atoms with Crippen molar-refractivity contribution in [2.24, 2.45) is 7.05 Å². The highest BCUT2D eigenvalue weighted by molar-refractivity contribution is 5.80. The Bertz CT molecular complexity index is 381. The third-order valence-corrected chi connectivity index (χ3v) is 3.01. The first-order chi connectivity index (χ1) is 7.68. The molecule has 88 valence electrons. The fourth-order valence-electron chi connectivity index (χ4n) is 1.80. The van der Waals surface area contributed by atoms with Gasteiger partial charge in [0, 0.05) is 31.5 Å². The maximum atomic E-state index is 11.7. The van der Waals surface area contributed by atoms with Gasteiger partial charge in [0.05, 0.1) is 6.20 Å². The zero-order valence-corrected chi connectivity index (χ0v) is 9.69. The van der Waals surface area contributed by atoms with Gasteiger partial charge in [-0.1, -0.05) is 0 Å². The Labute approximate surface area is 94.8 Å². The van der Waals surface area contributed by atoms with Gasteiger partial charge in [-0.05, 0) is 19.8 Å². The molecular formula is C11H17N3O2. The second-order valence-electron chi connectivity index (χ2n) is 4.10. The van der Waals surface area contributed by atoms with E-state index in [1.54, 1.807) is 10.9 Å². The van der Waals surface area contributed by atoms with E-state index in [9.17, 15) is 4.79 Å². The number of rotatable bonds is 3. The van der Waals surface area contributed by atoms with E-state index in [1.807, 2.05) is 14.0 Å². The summed E-state index contributed by atoms with van der Waals surface area (Å²) >= 11 is 0. The van der Waals surface area contributed by atoms with E-state index in [1.165, 1.54) is 0 Å². The van der Waals surface area contributed by atoms with Gasteiger partial charge in [-0.15, -0.1) is 0 Å². The molecule has 0 aromatic carbocycles. The van der Waals surface area contributed by atoms with Crippen molar-refractivity contribution in [3.8, 4) is 0 Å². The van der Waals surface area contributed by atoms with E-state index >= 15 is 0 Å². The van der Waals surface area contributed by atoms with Crippen molar-refractivity contribution in [3.05, 3.63) is 17.5 Å². The van der Waals surface area contributed by atoms with E-state index in [2.05, 4.69) is 10.4 Å². The molecule has 1 amide bonds. The first-order valence-corrected chi connectivity index (χ1v) is 5.55. The SMILES string of the molecule is Cc1c(CNC(=O)C2CCCO2)cnn1C. The van der Waals surface area contributed by atoms with Gasteiger partial charge in [-0.25, -0.2) is 0 Å². The van der Waals surface area contributed by atoms with Gasteiger partial charge >= 0.3 is 0 Å². The lowest BCUT2D eigenvalue weighted by atomic mass is 10.2. The lowest BCUT2D eigenvalue weighted by molar-refractivity contribution is -0.130. The van der Waals surface area contributed by atoms with Crippen molar-refractivity contribution < 1.29 is 9.53 Å². The molecule has 2 heterocycles. The molecule has 1 unspecified atom stereocenters. The largest absolute Gasteiger partial charge is 0.368 e. The highest BCUT2D eigenvalue weighted by Crippen LogP contribution is 2.12. The van der Waals surface area contributed by atoms with Gasteiger partial charge in [0.2, 0.25) is 5.91 Å². The predicted octanol–water partition coefficient (Wildman–Crippen LogP) is 0.524. The number of ether oxygens (including phenoxy) is 1. The Morgan fingerprint density at radius 2 is 2.56 bits per heavy atom. The van der Waals surface area contributed by atoms with Gasteiger partial charge in [0.15, 0.2) is 0 Å². The molecule has 1 aliphatic heterocycles. The molecule has 0 aliphatic carbocycles. The number of hydrogen-bond acceptors (Lipinski definition) is 3. The second-order valence-corrected chi connectivity index (χ2v) is 4.10. The van der Waals surface area contributed by atoms with E-state index in [0.29, 0.717) is 13.2 Å². The summed E-state index contributed by atoms with van der Waals surface area (Å²) in [6.45, 7) is 3.21. The lowest BCUT2D eigenvalue weighted by Gasteiger charge is -2.09. The monoisotopic (exact) mass is 223 g/mol. The van der Waals surface area contributed by atoms with Crippen LogP contribution in [0.3, 0.4) is 0 Å². The third-order valence-electron chi connectivity index (χ3n) is 3.01. The minimum atomic E-state index is -0.253. The van der Waals surface area contributed by atoms with Crippen molar-refractivity contribution in [1.82, 2.24) is 15.1 Å². The predicted molar refractivity (Wildman–Crippen MR) is 58.8 cm³/mol. The maximum absolute atomic E-state index is 11.7. The number of aryl methyl sites for hydroxylation is 1. The number of carbonyl (C=O) groups excluding carboxylic acids is 1. The Balaban J connectivity index is 1.87. The number of hydrogen-bond donors (Lipinski definition) is 1. The lowest BCUT2D eigenvalue weighted by Crippen LogP contribution is -2.33. The molecule has 0 spiro atoms. The average molecular weight is 223 g/mol. The smallest absolute Gasteiger partial charge is 0.249 e. The van der Waals surface area contributed by atoms with E-state index in [0.717, 1.165) is 24.1 Å². The van der Waals surface area contributed by atoms with Crippen LogP contribution in [0.1, 0.15) is 24.1 Å². The van der Waals surface area contributed by atoms with Crippen LogP contribution >= 0.6 is 0 Å². The molecule has 1 aliphatic rings. The van der Waals surface area contributed by atoms with Crippen LogP contribution in [0.15, 0.2) is 6.20 Å². The summed E-state index contributed by atoms with van der Waals surface area (Å²) < 4.78 is 7.10. The molecule has 0 saturated carbocycles. The molecule has 1 atom stereocenters. The minimum Gasteiger partial charge on any atom is -0.368 e. The number of carbonyl (C=O) groups is 1. The van der Waals surface area contributed by atoms with Gasteiger partial charge in [-0.3, -0.25) is 9.48 Å². The molecule has 1 saturated heterocycles. The summed E-state index contributed by atoms with van der Waals surface area (Å²) in [5, 5.41) is 7.00. The average Bonchev–Trinajstić information content (AvgIpc) is 2.89. The first-order valence-electron chi connectivity index (χ1n) is 5.55. The van der Waals surface area contributed by atoms with Gasteiger partial charge in [0.25, 0.3) is 0 Å². The molecule has 1 fully saturated rings. The van der Waals surface area contributed by atoms with E-state index in [-0.39, 0.29) is 12.0 Å². The van der Waals surface area contributed by atoms with E-state index in [4.69, 9.17) is 4.74 Å². The van der Waals surface area contributed by atoms with Gasteiger partial charge in [-0.2, -0.15) is 5.10 Å². The number of nitrogens with one attached hydrogen (secondary N) is 1. The molecule has 5 heteroatoms. The molecule has 1 aromatic heterocycles. The molecule has 5 nitrogen and oxygen atoms in total. The molecule has 2 rings (SSSR count). The van der Waals surface area contributed by atoms with Crippen molar-refractivity contribution in [2.75, 3.05) is 6.61 Å². The Kier molecular flexibility index (Phi) is 3.24. The van der Waals surface area contributed by atoms with Crippen LogP contribution in [0, 0.1) is 6.92 Å². The van der Waals surface area contributed by atoms with Crippen molar-refractivity contribution >= 4 is 5.91 Å². The fourth-order valence-corrected chi connectivity index (χ4v) is 1.80. The van der Waals surface area contributed by atoms with Gasteiger partial charge < -0.3 is 10.1 Å². The zero-order valence-electron chi connectivity index (χ0n) is 9.69. The van der Waals surface area contributed by atoms with Crippen molar-refractivity contribution in [2.45, 2.75) is 32.4 Å². The van der Waals surface area contributed by atoms with Crippen LogP contribution in [0.5, 0.6) is 0 Å². The summed E-state index contributed by atoms with van der Waals surface area (Å²) in [5.74, 6) is -0.0132. The standard InChI is InChI=1S/C11H17N3O2/c1-8-9(7-13-14(8)2)6-12-11(15)10-4-3-5-16-10/h7,10H,3-6H2,1-2H3,(H,12,15). The van der Waals surface area contributed by atoms with Gasteiger partial charge in [0.1, 0.15) is 6.10 Å². The van der Waals surface area contributed by atoms with Crippen LogP contribution in [0.25, 0.3) is 0 Å². The number of aromatic nitrogens is 2. The summed E-state index contributed by atoms with van der Waals surface area (Å²) in [7, 11) is 1.89. The molecule has 1 N–H and O–H groups in total. The Morgan fingerprint density at radius 3 is 3.12 bits per heavy atom. The first kappa shape index (κ1) is 11.1. The van der Waals surface area contributed by atoms with Crippen molar-refractivity contribution in [1.29, 1.82) is 0 Å². The fraction of sp³-hybridized carbons (Fsp3) is 0.636. The van der Waals surface area contributed by atoms with Crippen LogP contribution < -0.4 is 5.32 Å². The van der Waals surface area contributed by atoms with E-state index < -0.39 is 0 Å². The van der Waals surface area contributed by atoms with Crippen molar-refractivity contribution in [3.63, 3.8) is 0 Å². The van der Waals surface area contributed by atoms with Crippen LogP contribution in [-0.2, 0) is 23.1 Å². The summed E-state index contributed by atoms with van der Waals surface area (Å²) in [4.78, 5) is 11.7. The topological polar surface area (TPSA) is 56.1 Å². The minimum absolute atomic E-state index is 0.0132. The molecule has 0 bridgehead atoms. The zero-order chi connectivity index (χ0) is 11.5. The third kappa shape index (κ3) is 2.24. The molecular weight excluding hydrogens is 206 g/mol. The highest BCUT2D eigenvalue weighted by atomic mass is 16.5. The number of amides is 1. The summed E-state index contributed by atoms with van der Waals surface area (Å²) in [5.41, 5.74) is 2.13. The summed E-state index contributed by atoms with van der Waals surface area (Å²) in [6.07, 6.45) is 3.34. The molecule has 16 heavy (non-hydrogen) atoms. The molecule has 1 aromatic rings. The molecule has 0 radical (unpaired) electrons. The Morgan fingerprint density at radius 1 is 1.75 bits per heavy atom. The second kappa shape index (κ2) is 4.65. The van der Waals surface area contributed by atoms with Crippen LogP contribution in [0.4, 0.5) is 0 Å². The van der Waals surface area contributed by atoms with Crippen LogP contribution in [0.2, 0.25) is 0 Å². The number of nitrogens with zero attached hydrogens (tertiary/aromatic N) is 2. The van der Waals surface area contributed by atoms with Crippen LogP contribution in [-0.4, -0.2) is 28.4 Å².